The van der Waals surface area contributed by atoms with Crippen LogP contribution in [0.4, 0.5) is 0 Å². The number of hydrogen-bond acceptors (Lipinski definition) is 1. The lowest BCUT2D eigenvalue weighted by Gasteiger charge is -1.93. The Balaban J connectivity index is 0. The predicted molar refractivity (Wildman–Crippen MR) is 67.5 cm³/mol. The SMILES string of the molecule is C=CC1=C(/C=C\C)CC(=O)N1.CC.CC. The van der Waals surface area contributed by atoms with Gasteiger partial charge in [0.25, 0.3) is 0 Å². The normalized spacial score (nSPS) is 13.8. The molecule has 0 saturated carbocycles. The van der Waals surface area contributed by atoms with E-state index in [1.807, 2.05) is 46.8 Å². The van der Waals surface area contributed by atoms with Crippen molar-refractivity contribution in [3.05, 3.63) is 36.1 Å². The van der Waals surface area contributed by atoms with E-state index in [0.717, 1.165) is 11.3 Å². The highest BCUT2D eigenvalue weighted by atomic mass is 16.1. The zero-order chi connectivity index (χ0) is 12.3. The van der Waals surface area contributed by atoms with Crippen molar-refractivity contribution >= 4 is 5.91 Å². The second-order valence-electron chi connectivity index (χ2n) is 2.37. The molecule has 0 spiro atoms. The minimum absolute atomic E-state index is 0.0491. The number of allylic oxidation sites excluding steroid dienone is 3. The largest absolute Gasteiger partial charge is 0.326 e. The molecule has 0 bridgehead atoms. The molecule has 0 aromatic heterocycles. The van der Waals surface area contributed by atoms with Gasteiger partial charge < -0.3 is 5.32 Å². The fourth-order valence-electron chi connectivity index (χ4n) is 1.07. The summed E-state index contributed by atoms with van der Waals surface area (Å²) in [7, 11) is 0. The van der Waals surface area contributed by atoms with E-state index in [9.17, 15) is 4.79 Å². The maximum absolute atomic E-state index is 10.9. The zero-order valence-electron chi connectivity index (χ0n) is 10.6. The van der Waals surface area contributed by atoms with Crippen LogP contribution in [-0.4, -0.2) is 5.91 Å². The maximum atomic E-state index is 10.9. The molecule has 86 valence electrons. The summed E-state index contributed by atoms with van der Waals surface area (Å²) in [6.45, 7) is 13.5. The van der Waals surface area contributed by atoms with E-state index in [0.29, 0.717) is 6.42 Å². The van der Waals surface area contributed by atoms with Crippen molar-refractivity contribution in [1.82, 2.24) is 5.32 Å². The summed E-state index contributed by atoms with van der Waals surface area (Å²) in [5, 5.41) is 2.71. The van der Waals surface area contributed by atoms with Crippen LogP contribution in [-0.2, 0) is 4.79 Å². The van der Waals surface area contributed by atoms with Crippen LogP contribution in [0.5, 0.6) is 0 Å². The van der Waals surface area contributed by atoms with Crippen molar-refractivity contribution < 1.29 is 4.79 Å². The van der Waals surface area contributed by atoms with Gasteiger partial charge in [0.2, 0.25) is 5.91 Å². The molecule has 1 N–H and O–H groups in total. The van der Waals surface area contributed by atoms with Crippen LogP contribution in [0.15, 0.2) is 36.1 Å². The molecule has 2 nitrogen and oxygen atoms in total. The first-order valence-electron chi connectivity index (χ1n) is 5.56. The lowest BCUT2D eigenvalue weighted by molar-refractivity contribution is -0.118. The molecule has 1 aliphatic heterocycles. The van der Waals surface area contributed by atoms with Crippen LogP contribution < -0.4 is 5.32 Å². The van der Waals surface area contributed by atoms with Crippen molar-refractivity contribution in [2.24, 2.45) is 0 Å². The third-order valence-electron chi connectivity index (χ3n) is 1.54. The molecular weight excluding hydrogens is 186 g/mol. The Labute approximate surface area is 93.8 Å². The van der Waals surface area contributed by atoms with Gasteiger partial charge in [-0.05, 0) is 18.6 Å². The Morgan fingerprint density at radius 1 is 1.27 bits per heavy atom. The van der Waals surface area contributed by atoms with Gasteiger partial charge in [0.15, 0.2) is 0 Å². The van der Waals surface area contributed by atoms with Crippen LogP contribution in [0.2, 0.25) is 0 Å². The first kappa shape index (κ1) is 16.1. The Bertz CT molecular complexity index is 249. The molecule has 0 fully saturated rings. The second-order valence-corrected chi connectivity index (χ2v) is 2.37. The minimum Gasteiger partial charge on any atom is -0.326 e. The van der Waals surface area contributed by atoms with Gasteiger partial charge in [-0.2, -0.15) is 0 Å². The van der Waals surface area contributed by atoms with E-state index >= 15 is 0 Å². The molecule has 0 atom stereocenters. The topological polar surface area (TPSA) is 29.1 Å². The van der Waals surface area contributed by atoms with Crippen molar-refractivity contribution in [3.63, 3.8) is 0 Å². The van der Waals surface area contributed by atoms with Gasteiger partial charge in [-0.15, -0.1) is 0 Å². The van der Waals surface area contributed by atoms with Crippen LogP contribution in [0.3, 0.4) is 0 Å². The van der Waals surface area contributed by atoms with E-state index in [1.165, 1.54) is 0 Å². The molecule has 0 aromatic carbocycles. The van der Waals surface area contributed by atoms with E-state index in [-0.39, 0.29) is 5.91 Å². The van der Waals surface area contributed by atoms with E-state index in [2.05, 4.69) is 11.9 Å². The fraction of sp³-hybridized carbons (Fsp3) is 0.462. The van der Waals surface area contributed by atoms with Gasteiger partial charge in [0.1, 0.15) is 0 Å². The molecule has 0 aromatic rings. The molecule has 1 amide bonds. The average Bonchev–Trinajstić information content (AvgIpc) is 2.65. The molecule has 0 radical (unpaired) electrons. The van der Waals surface area contributed by atoms with Gasteiger partial charge >= 0.3 is 0 Å². The van der Waals surface area contributed by atoms with Crippen molar-refractivity contribution in [1.29, 1.82) is 0 Å². The van der Waals surface area contributed by atoms with Crippen molar-refractivity contribution in [2.45, 2.75) is 41.0 Å². The lowest BCUT2D eigenvalue weighted by atomic mass is 10.2. The number of amides is 1. The second kappa shape index (κ2) is 10.8. The van der Waals surface area contributed by atoms with Crippen LogP contribution >= 0.6 is 0 Å². The highest BCUT2D eigenvalue weighted by molar-refractivity contribution is 5.85. The molecular formula is C13H23NO. The molecule has 1 rings (SSSR count). The quantitative estimate of drug-likeness (QED) is 0.740. The monoisotopic (exact) mass is 209 g/mol. The maximum Gasteiger partial charge on any atom is 0.228 e. The molecule has 1 heterocycles. The smallest absolute Gasteiger partial charge is 0.228 e. The Kier molecular flexibility index (Phi) is 11.6. The number of carbonyl (C=O) groups is 1. The van der Waals surface area contributed by atoms with E-state index in [4.69, 9.17) is 0 Å². The first-order valence-corrected chi connectivity index (χ1v) is 5.56. The van der Waals surface area contributed by atoms with Crippen molar-refractivity contribution in [2.75, 3.05) is 0 Å². The highest BCUT2D eigenvalue weighted by Gasteiger charge is 2.15. The summed E-state index contributed by atoms with van der Waals surface area (Å²) in [5.41, 5.74) is 1.86. The lowest BCUT2D eigenvalue weighted by Crippen LogP contribution is -2.13. The van der Waals surface area contributed by atoms with Crippen LogP contribution in [0.25, 0.3) is 0 Å². The Morgan fingerprint density at radius 2 is 1.80 bits per heavy atom. The van der Waals surface area contributed by atoms with Gasteiger partial charge in [-0.25, -0.2) is 0 Å². The zero-order valence-corrected chi connectivity index (χ0v) is 10.6. The molecule has 2 heteroatoms. The van der Waals surface area contributed by atoms with Gasteiger partial charge in [0, 0.05) is 5.70 Å². The standard InChI is InChI=1S/C9H11NO.2C2H6/c1-3-5-7-6-9(11)10-8(7)4-2;2*1-2/h3-5H,2,6H2,1H3,(H,10,11);2*1-2H3/b5-3-;;. The van der Waals surface area contributed by atoms with Crippen LogP contribution in [0, 0.1) is 0 Å². The first-order chi connectivity index (χ1) is 7.27. The third-order valence-corrected chi connectivity index (χ3v) is 1.54. The summed E-state index contributed by atoms with van der Waals surface area (Å²) in [6, 6.07) is 0. The van der Waals surface area contributed by atoms with E-state index < -0.39 is 0 Å². The van der Waals surface area contributed by atoms with Crippen molar-refractivity contribution in [3.8, 4) is 0 Å². The predicted octanol–water partition coefficient (Wildman–Crippen LogP) is 3.57. The highest BCUT2D eigenvalue weighted by Crippen LogP contribution is 2.15. The summed E-state index contributed by atoms with van der Waals surface area (Å²) in [6.07, 6.45) is 5.99. The summed E-state index contributed by atoms with van der Waals surface area (Å²) < 4.78 is 0. The average molecular weight is 209 g/mol. The van der Waals surface area contributed by atoms with Crippen LogP contribution in [0.1, 0.15) is 41.0 Å². The van der Waals surface area contributed by atoms with Gasteiger partial charge in [0.05, 0.1) is 6.42 Å². The van der Waals surface area contributed by atoms with Gasteiger partial charge in [-0.1, -0.05) is 46.4 Å². The fourth-order valence-corrected chi connectivity index (χ4v) is 1.07. The third kappa shape index (κ3) is 5.89. The molecule has 0 saturated heterocycles. The Hall–Kier alpha value is -1.31. The number of carbonyl (C=O) groups excluding carboxylic acids is 1. The van der Waals surface area contributed by atoms with E-state index in [1.54, 1.807) is 6.08 Å². The number of hydrogen-bond donors (Lipinski definition) is 1. The minimum atomic E-state index is 0.0491. The molecule has 1 aliphatic rings. The molecule has 15 heavy (non-hydrogen) atoms. The summed E-state index contributed by atoms with van der Waals surface area (Å²) in [4.78, 5) is 10.9. The number of rotatable bonds is 2. The molecule has 0 aliphatic carbocycles. The number of nitrogens with one attached hydrogen (secondary N) is 1. The summed E-state index contributed by atoms with van der Waals surface area (Å²) in [5.74, 6) is 0.0491. The summed E-state index contributed by atoms with van der Waals surface area (Å²) >= 11 is 0. The molecule has 0 unspecified atom stereocenters. The van der Waals surface area contributed by atoms with Gasteiger partial charge in [-0.3, -0.25) is 4.79 Å². The Morgan fingerprint density at radius 3 is 2.20 bits per heavy atom.